The molecule has 1 aliphatic carbocycles. The first-order chi connectivity index (χ1) is 19.7. The summed E-state index contributed by atoms with van der Waals surface area (Å²) in [6.07, 6.45) is -0.566. The summed E-state index contributed by atoms with van der Waals surface area (Å²) >= 11 is 0. The molecular formula is C30H43N3O9. The van der Waals surface area contributed by atoms with Gasteiger partial charge in [-0.1, -0.05) is 0 Å². The highest BCUT2D eigenvalue weighted by atomic mass is 16.6. The lowest BCUT2D eigenvalue weighted by Crippen LogP contribution is -2.59. The maximum absolute atomic E-state index is 14.2. The number of amides is 3. The molecule has 0 spiro atoms. The van der Waals surface area contributed by atoms with Gasteiger partial charge in [-0.25, -0.2) is 4.79 Å². The molecule has 1 saturated heterocycles. The number of likely N-dealkylation sites (tertiary alicyclic amines) is 1. The minimum absolute atomic E-state index is 0.132. The van der Waals surface area contributed by atoms with Crippen molar-refractivity contribution in [1.82, 2.24) is 4.90 Å². The first-order valence-electron chi connectivity index (χ1n) is 14.5. The Hall–Kier alpha value is -3.38. The van der Waals surface area contributed by atoms with Gasteiger partial charge in [-0.2, -0.15) is 0 Å². The molecule has 3 atom stereocenters. The van der Waals surface area contributed by atoms with Gasteiger partial charge in [0.15, 0.2) is 5.60 Å². The van der Waals surface area contributed by atoms with E-state index in [0.717, 1.165) is 12.8 Å². The maximum Gasteiger partial charge on any atom is 0.410 e. The molecule has 3 unspecified atom stereocenters. The fraction of sp³-hybridized carbons (Fsp3) is 0.667. The van der Waals surface area contributed by atoms with Crippen molar-refractivity contribution in [1.29, 1.82) is 0 Å². The Bertz CT molecular complexity index is 1210. The molecule has 12 heteroatoms. The van der Waals surface area contributed by atoms with E-state index in [1.165, 1.54) is 12.0 Å². The highest BCUT2D eigenvalue weighted by Gasteiger charge is 2.49. The summed E-state index contributed by atoms with van der Waals surface area (Å²) < 4.78 is 21.9. The summed E-state index contributed by atoms with van der Waals surface area (Å²) in [4.78, 5) is 57.7. The lowest BCUT2D eigenvalue weighted by atomic mass is 9.84. The second-order valence-corrected chi connectivity index (χ2v) is 12.5. The van der Waals surface area contributed by atoms with E-state index in [0.29, 0.717) is 36.9 Å². The van der Waals surface area contributed by atoms with Crippen LogP contribution in [0.3, 0.4) is 0 Å². The summed E-state index contributed by atoms with van der Waals surface area (Å²) in [5, 5.41) is 11.3. The van der Waals surface area contributed by atoms with E-state index in [4.69, 9.17) is 18.9 Å². The van der Waals surface area contributed by atoms with E-state index in [2.05, 4.69) is 0 Å². The zero-order valence-corrected chi connectivity index (χ0v) is 25.5. The molecule has 3 aliphatic rings. The van der Waals surface area contributed by atoms with Crippen molar-refractivity contribution in [3.8, 4) is 5.75 Å². The van der Waals surface area contributed by atoms with Crippen LogP contribution in [0.1, 0.15) is 54.4 Å². The molecule has 232 valence electrons. The lowest BCUT2D eigenvalue weighted by molar-refractivity contribution is -0.156. The van der Waals surface area contributed by atoms with E-state index in [-0.39, 0.29) is 25.0 Å². The Morgan fingerprint density at radius 1 is 1.14 bits per heavy atom. The van der Waals surface area contributed by atoms with Gasteiger partial charge in [-0.3, -0.25) is 14.4 Å². The highest BCUT2D eigenvalue weighted by molar-refractivity contribution is 6.04. The number of carbonyl (C=O) groups is 4. The van der Waals surface area contributed by atoms with Crippen molar-refractivity contribution in [3.05, 3.63) is 18.2 Å². The fourth-order valence-corrected chi connectivity index (χ4v) is 5.37. The molecule has 1 aromatic rings. The predicted molar refractivity (Wildman–Crippen MR) is 153 cm³/mol. The molecule has 1 saturated carbocycles. The molecule has 0 aromatic heterocycles. The van der Waals surface area contributed by atoms with E-state index in [9.17, 15) is 24.3 Å². The van der Waals surface area contributed by atoms with Crippen LogP contribution < -0.4 is 14.5 Å². The average Bonchev–Trinajstić information content (AvgIpc) is 3.75. The normalized spacial score (nSPS) is 23.5. The number of methoxy groups -OCH3 is 1. The SMILES string of the molecule is CCOCCN1C(=O)C(C)(C)Oc2ccc(N(C(=O)C3CN(C(=O)OC(C)(C)C)CC(C(=O)OC)C3O)C3CC3)cc21. The van der Waals surface area contributed by atoms with Crippen molar-refractivity contribution in [2.45, 2.75) is 77.7 Å². The number of aliphatic hydroxyl groups excluding tert-OH is 1. The molecule has 4 rings (SSSR count). The first-order valence-corrected chi connectivity index (χ1v) is 14.5. The number of carbonyl (C=O) groups excluding carboxylic acids is 4. The highest BCUT2D eigenvalue weighted by Crippen LogP contribution is 2.43. The number of hydrogen-bond donors (Lipinski definition) is 1. The molecule has 1 N–H and O–H groups in total. The van der Waals surface area contributed by atoms with Crippen molar-refractivity contribution in [2.24, 2.45) is 11.8 Å². The molecular weight excluding hydrogens is 546 g/mol. The molecule has 0 radical (unpaired) electrons. The predicted octanol–water partition coefficient (Wildman–Crippen LogP) is 2.74. The standard InChI is InChI=1S/C30H43N3O9/c1-8-40-14-13-32-22-15-19(11-12-23(22)41-30(5,6)27(32)37)33(18-9-10-18)25(35)20-16-31(28(38)42-29(2,3)4)17-21(24(20)34)26(36)39-7/h11-12,15,18,20-21,24,34H,8-10,13-14,16-17H2,1-7H3. The number of aliphatic hydroxyl groups is 1. The van der Waals surface area contributed by atoms with E-state index in [1.54, 1.807) is 62.6 Å². The molecule has 2 fully saturated rings. The lowest BCUT2D eigenvalue weighted by Gasteiger charge is -2.42. The Labute approximate surface area is 246 Å². The zero-order valence-electron chi connectivity index (χ0n) is 25.5. The third-order valence-corrected chi connectivity index (χ3v) is 7.58. The Kier molecular flexibility index (Phi) is 9.08. The van der Waals surface area contributed by atoms with Crippen molar-refractivity contribution in [2.75, 3.05) is 49.8 Å². The summed E-state index contributed by atoms with van der Waals surface area (Å²) in [5.74, 6) is -3.12. The van der Waals surface area contributed by atoms with Crippen LogP contribution >= 0.6 is 0 Å². The second-order valence-electron chi connectivity index (χ2n) is 12.5. The number of esters is 1. The fourth-order valence-electron chi connectivity index (χ4n) is 5.37. The number of fused-ring (bicyclic) bond motifs is 1. The van der Waals surface area contributed by atoms with Crippen LogP contribution in [-0.2, 0) is 28.6 Å². The smallest absolute Gasteiger partial charge is 0.410 e. The molecule has 1 aromatic carbocycles. The summed E-state index contributed by atoms with van der Waals surface area (Å²) in [7, 11) is 1.20. The van der Waals surface area contributed by atoms with Gasteiger partial charge in [0, 0.05) is 38.0 Å². The maximum atomic E-state index is 14.2. The van der Waals surface area contributed by atoms with Gasteiger partial charge < -0.3 is 38.8 Å². The molecule has 12 nitrogen and oxygen atoms in total. The van der Waals surface area contributed by atoms with Crippen LogP contribution in [-0.4, -0.2) is 97.2 Å². The van der Waals surface area contributed by atoms with Crippen LogP contribution in [0.4, 0.5) is 16.2 Å². The third-order valence-electron chi connectivity index (χ3n) is 7.58. The van der Waals surface area contributed by atoms with E-state index >= 15 is 0 Å². The number of piperidine rings is 1. The van der Waals surface area contributed by atoms with E-state index in [1.807, 2.05) is 6.92 Å². The van der Waals surface area contributed by atoms with Gasteiger partial charge in [-0.15, -0.1) is 0 Å². The van der Waals surface area contributed by atoms with E-state index < -0.39 is 47.1 Å². The number of ether oxygens (including phenoxy) is 4. The molecule has 3 amide bonds. The number of nitrogens with zero attached hydrogens (tertiary/aromatic N) is 3. The minimum Gasteiger partial charge on any atom is -0.476 e. The van der Waals surface area contributed by atoms with Crippen LogP contribution in [0.25, 0.3) is 0 Å². The molecule has 42 heavy (non-hydrogen) atoms. The molecule has 2 aliphatic heterocycles. The number of hydrogen-bond acceptors (Lipinski definition) is 9. The van der Waals surface area contributed by atoms with Crippen molar-refractivity contribution >= 4 is 35.3 Å². The largest absolute Gasteiger partial charge is 0.476 e. The van der Waals surface area contributed by atoms with Gasteiger partial charge in [0.05, 0.1) is 31.4 Å². The molecule has 2 heterocycles. The van der Waals surface area contributed by atoms with Gasteiger partial charge in [0.2, 0.25) is 5.91 Å². The molecule has 0 bridgehead atoms. The van der Waals surface area contributed by atoms with Crippen molar-refractivity contribution < 1.29 is 43.2 Å². The third kappa shape index (κ3) is 6.64. The van der Waals surface area contributed by atoms with Crippen LogP contribution in [0.15, 0.2) is 18.2 Å². The monoisotopic (exact) mass is 589 g/mol. The number of rotatable bonds is 8. The van der Waals surface area contributed by atoms with Crippen LogP contribution in [0.2, 0.25) is 0 Å². The second kappa shape index (κ2) is 12.1. The quantitative estimate of drug-likeness (QED) is 0.359. The minimum atomic E-state index is -1.38. The van der Waals surface area contributed by atoms with Gasteiger partial charge in [0.25, 0.3) is 5.91 Å². The van der Waals surface area contributed by atoms with Crippen molar-refractivity contribution in [3.63, 3.8) is 0 Å². The average molecular weight is 590 g/mol. The number of benzene rings is 1. The zero-order chi connectivity index (χ0) is 31.0. The Morgan fingerprint density at radius 2 is 1.81 bits per heavy atom. The topological polar surface area (TPSA) is 135 Å². The Balaban J connectivity index is 1.68. The summed E-state index contributed by atoms with van der Waals surface area (Å²) in [6.45, 7) is 11.3. The first kappa shape index (κ1) is 31.6. The Morgan fingerprint density at radius 3 is 2.40 bits per heavy atom. The van der Waals surface area contributed by atoms with Crippen LogP contribution in [0.5, 0.6) is 5.75 Å². The summed E-state index contributed by atoms with van der Waals surface area (Å²) in [5.41, 5.74) is -0.831. The van der Waals surface area contributed by atoms with Gasteiger partial charge >= 0.3 is 12.1 Å². The van der Waals surface area contributed by atoms with Gasteiger partial charge in [0.1, 0.15) is 17.3 Å². The number of anilines is 2. The van der Waals surface area contributed by atoms with Crippen LogP contribution in [0, 0.1) is 11.8 Å². The van der Waals surface area contributed by atoms with Gasteiger partial charge in [-0.05, 0) is 72.6 Å². The summed E-state index contributed by atoms with van der Waals surface area (Å²) in [6, 6.07) is 5.09.